The van der Waals surface area contributed by atoms with Crippen LogP contribution in [0.4, 0.5) is 5.69 Å². The molecule has 1 aromatic heterocycles. The van der Waals surface area contributed by atoms with Gasteiger partial charge in [0.25, 0.3) is 10.0 Å². The van der Waals surface area contributed by atoms with Gasteiger partial charge in [0.05, 0.1) is 12.3 Å². The molecule has 0 bridgehead atoms. The van der Waals surface area contributed by atoms with Crippen LogP contribution in [-0.2, 0) is 23.7 Å². The van der Waals surface area contributed by atoms with Crippen LogP contribution in [0, 0.1) is 6.92 Å². The number of nitrogens with one attached hydrogen (secondary N) is 1. The van der Waals surface area contributed by atoms with Crippen molar-refractivity contribution in [3.05, 3.63) is 46.7 Å². The van der Waals surface area contributed by atoms with E-state index in [-0.39, 0.29) is 11.5 Å². The second kappa shape index (κ2) is 5.47. The number of anilines is 1. The molecule has 2 N–H and O–H groups in total. The normalized spacial score (nSPS) is 11.6. The molecule has 1 aromatic carbocycles. The number of aliphatic hydroxyl groups is 1. The van der Waals surface area contributed by atoms with Crippen LogP contribution in [0.15, 0.2) is 35.4 Å². The number of aliphatic hydroxyl groups excluding tert-OH is 1. The van der Waals surface area contributed by atoms with Crippen molar-refractivity contribution in [2.75, 3.05) is 4.72 Å². The molecule has 2 aromatic rings. The Labute approximate surface area is 122 Å². The molecule has 7 heteroatoms. The highest BCUT2D eigenvalue weighted by Gasteiger charge is 2.18. The predicted octanol–water partition coefficient (Wildman–Crippen LogP) is 2.28. The van der Waals surface area contributed by atoms with E-state index in [4.69, 9.17) is 16.7 Å². The molecular weight excluding hydrogens is 300 g/mol. The van der Waals surface area contributed by atoms with Crippen LogP contribution in [0.2, 0.25) is 5.02 Å². The minimum Gasteiger partial charge on any atom is -0.390 e. The number of benzene rings is 1. The monoisotopic (exact) mass is 314 g/mol. The minimum atomic E-state index is -3.70. The molecule has 0 aliphatic heterocycles. The Balaban J connectivity index is 2.37. The standard InChI is InChI=1S/C13H15ClN2O3S/c1-9-3-4-10(14)5-13(9)15-20(18,19)12-6-11(8-17)16(2)7-12/h3-7,15,17H,8H2,1-2H3. The van der Waals surface area contributed by atoms with E-state index >= 15 is 0 Å². The summed E-state index contributed by atoms with van der Waals surface area (Å²) >= 11 is 5.87. The van der Waals surface area contributed by atoms with E-state index in [1.54, 1.807) is 36.7 Å². The highest BCUT2D eigenvalue weighted by Crippen LogP contribution is 2.24. The highest BCUT2D eigenvalue weighted by atomic mass is 35.5. The summed E-state index contributed by atoms with van der Waals surface area (Å²) in [4.78, 5) is 0.100. The maximum absolute atomic E-state index is 12.3. The Hall–Kier alpha value is -1.50. The number of hydrogen-bond donors (Lipinski definition) is 2. The van der Waals surface area contributed by atoms with E-state index in [2.05, 4.69) is 4.72 Å². The summed E-state index contributed by atoms with van der Waals surface area (Å²) in [5, 5.41) is 9.57. The number of rotatable bonds is 4. The van der Waals surface area contributed by atoms with Gasteiger partial charge in [0, 0.05) is 24.0 Å². The number of sulfonamides is 1. The van der Waals surface area contributed by atoms with Gasteiger partial charge in [-0.05, 0) is 30.7 Å². The van der Waals surface area contributed by atoms with Crippen LogP contribution in [0.25, 0.3) is 0 Å². The van der Waals surface area contributed by atoms with Crippen LogP contribution in [0.5, 0.6) is 0 Å². The van der Waals surface area contributed by atoms with Crippen molar-refractivity contribution in [3.8, 4) is 0 Å². The van der Waals surface area contributed by atoms with Gasteiger partial charge in [-0.2, -0.15) is 0 Å². The van der Waals surface area contributed by atoms with Crippen LogP contribution in [0.3, 0.4) is 0 Å². The Bertz CT molecular complexity index is 738. The van der Waals surface area contributed by atoms with Crippen molar-refractivity contribution < 1.29 is 13.5 Å². The maximum atomic E-state index is 12.3. The zero-order chi connectivity index (χ0) is 14.9. The minimum absolute atomic E-state index is 0.100. The Morgan fingerprint density at radius 2 is 2.05 bits per heavy atom. The van der Waals surface area contributed by atoms with Gasteiger partial charge in [0.15, 0.2) is 0 Å². The third-order valence-corrected chi connectivity index (χ3v) is 4.57. The summed E-state index contributed by atoms with van der Waals surface area (Å²) in [6.07, 6.45) is 1.45. The average molecular weight is 315 g/mol. The largest absolute Gasteiger partial charge is 0.390 e. The Kier molecular flexibility index (Phi) is 4.08. The van der Waals surface area contributed by atoms with Gasteiger partial charge in [-0.25, -0.2) is 8.42 Å². The lowest BCUT2D eigenvalue weighted by atomic mass is 10.2. The first-order chi connectivity index (χ1) is 9.33. The second-order valence-corrected chi connectivity index (χ2v) is 6.62. The summed E-state index contributed by atoms with van der Waals surface area (Å²) in [5.74, 6) is 0. The van der Waals surface area contributed by atoms with Crippen LogP contribution >= 0.6 is 11.6 Å². The fourth-order valence-electron chi connectivity index (χ4n) is 1.79. The van der Waals surface area contributed by atoms with Crippen molar-refractivity contribution >= 4 is 27.3 Å². The molecule has 0 unspecified atom stereocenters. The van der Waals surface area contributed by atoms with Crippen molar-refractivity contribution in [2.24, 2.45) is 7.05 Å². The first-order valence-electron chi connectivity index (χ1n) is 5.88. The summed E-state index contributed by atoms with van der Waals surface area (Å²) in [5.41, 5.74) is 1.73. The fourth-order valence-corrected chi connectivity index (χ4v) is 3.18. The SMILES string of the molecule is Cc1ccc(Cl)cc1NS(=O)(=O)c1cc(CO)n(C)c1. The van der Waals surface area contributed by atoms with E-state index in [1.165, 1.54) is 12.3 Å². The average Bonchev–Trinajstić information content (AvgIpc) is 2.76. The quantitative estimate of drug-likeness (QED) is 0.909. The van der Waals surface area contributed by atoms with E-state index in [0.29, 0.717) is 16.4 Å². The zero-order valence-electron chi connectivity index (χ0n) is 11.1. The Morgan fingerprint density at radius 1 is 1.35 bits per heavy atom. The van der Waals surface area contributed by atoms with E-state index in [0.717, 1.165) is 5.56 Å². The van der Waals surface area contributed by atoms with E-state index < -0.39 is 10.0 Å². The van der Waals surface area contributed by atoms with Gasteiger partial charge in [-0.1, -0.05) is 17.7 Å². The maximum Gasteiger partial charge on any atom is 0.263 e. The second-order valence-electron chi connectivity index (χ2n) is 4.50. The number of halogens is 1. The van der Waals surface area contributed by atoms with Gasteiger partial charge < -0.3 is 9.67 Å². The van der Waals surface area contributed by atoms with Gasteiger partial charge in [-0.3, -0.25) is 4.72 Å². The van der Waals surface area contributed by atoms with Gasteiger partial charge in [0.2, 0.25) is 0 Å². The molecule has 20 heavy (non-hydrogen) atoms. The first-order valence-corrected chi connectivity index (χ1v) is 7.74. The molecule has 2 rings (SSSR count). The van der Waals surface area contributed by atoms with Crippen molar-refractivity contribution in [1.82, 2.24) is 4.57 Å². The summed E-state index contributed by atoms with van der Waals surface area (Å²) in [6.45, 7) is 1.57. The Morgan fingerprint density at radius 3 is 2.65 bits per heavy atom. The molecule has 1 heterocycles. The molecule has 0 aliphatic rings. The number of aryl methyl sites for hydroxylation is 2. The van der Waals surface area contributed by atoms with Gasteiger partial charge >= 0.3 is 0 Å². The number of hydrogen-bond acceptors (Lipinski definition) is 3. The summed E-state index contributed by atoms with van der Waals surface area (Å²) in [6, 6.07) is 6.43. The van der Waals surface area contributed by atoms with Crippen molar-refractivity contribution in [2.45, 2.75) is 18.4 Å². The zero-order valence-corrected chi connectivity index (χ0v) is 12.7. The lowest BCUT2D eigenvalue weighted by molar-refractivity contribution is 0.272. The molecule has 0 saturated carbocycles. The fraction of sp³-hybridized carbons (Fsp3) is 0.231. The molecule has 0 spiro atoms. The topological polar surface area (TPSA) is 71.3 Å². The molecule has 108 valence electrons. The van der Waals surface area contributed by atoms with Crippen molar-refractivity contribution in [3.63, 3.8) is 0 Å². The third-order valence-electron chi connectivity index (χ3n) is 3.00. The molecule has 5 nitrogen and oxygen atoms in total. The lowest BCUT2D eigenvalue weighted by Gasteiger charge is -2.09. The van der Waals surface area contributed by atoms with Crippen LogP contribution in [0.1, 0.15) is 11.3 Å². The van der Waals surface area contributed by atoms with Crippen molar-refractivity contribution in [1.29, 1.82) is 0 Å². The summed E-state index contributed by atoms with van der Waals surface area (Å²) < 4.78 is 28.7. The number of aromatic nitrogens is 1. The van der Waals surface area contributed by atoms with Gasteiger partial charge in [-0.15, -0.1) is 0 Å². The van der Waals surface area contributed by atoms with Gasteiger partial charge in [0.1, 0.15) is 4.90 Å². The first kappa shape index (κ1) is 14.9. The molecule has 0 atom stereocenters. The van der Waals surface area contributed by atoms with Crippen LogP contribution in [-0.4, -0.2) is 18.1 Å². The lowest BCUT2D eigenvalue weighted by Crippen LogP contribution is -2.13. The van der Waals surface area contributed by atoms with E-state index in [9.17, 15) is 8.42 Å². The predicted molar refractivity (Wildman–Crippen MR) is 78.3 cm³/mol. The molecular formula is C13H15ClN2O3S. The van der Waals surface area contributed by atoms with Crippen LogP contribution < -0.4 is 4.72 Å². The third kappa shape index (κ3) is 2.98. The molecule has 0 aliphatic carbocycles. The highest BCUT2D eigenvalue weighted by molar-refractivity contribution is 7.92. The molecule has 0 amide bonds. The molecule has 0 saturated heterocycles. The molecule has 0 radical (unpaired) electrons. The summed E-state index contributed by atoms with van der Waals surface area (Å²) in [7, 11) is -2.03. The number of nitrogens with zero attached hydrogens (tertiary/aromatic N) is 1. The smallest absolute Gasteiger partial charge is 0.263 e. The molecule has 0 fully saturated rings. The van der Waals surface area contributed by atoms with E-state index in [1.807, 2.05) is 0 Å².